The van der Waals surface area contributed by atoms with Crippen LogP contribution in [0.4, 0.5) is 5.69 Å². The Balaban J connectivity index is 1.97. The van der Waals surface area contributed by atoms with Gasteiger partial charge in [-0.3, -0.25) is 9.59 Å². The molecule has 2 rings (SSSR count). The van der Waals surface area contributed by atoms with Crippen LogP contribution in [-0.2, 0) is 9.53 Å². The van der Waals surface area contributed by atoms with Gasteiger partial charge in [0.2, 0.25) is 5.91 Å². The standard InChI is InChI=1S/C19H29N3O3/c1-12(2)9-17(20)18(23)21-16-7-5-15(6-8-16)19(24)22-10-13(3)25-14(4)11-22/h5-8,12-14,17H,9-11,20H2,1-4H3,(H,21,23)/t13?,14?,17-/m0/s1. The van der Waals surface area contributed by atoms with Gasteiger partial charge in [0.25, 0.3) is 5.91 Å². The van der Waals surface area contributed by atoms with E-state index in [0.717, 1.165) is 0 Å². The molecule has 1 aliphatic rings. The van der Waals surface area contributed by atoms with E-state index < -0.39 is 6.04 Å². The van der Waals surface area contributed by atoms with Crippen LogP contribution < -0.4 is 11.1 Å². The molecule has 0 saturated carbocycles. The van der Waals surface area contributed by atoms with Gasteiger partial charge in [0.15, 0.2) is 0 Å². The van der Waals surface area contributed by atoms with E-state index in [9.17, 15) is 9.59 Å². The Morgan fingerprint density at radius 2 is 1.76 bits per heavy atom. The van der Waals surface area contributed by atoms with Crippen LogP contribution in [0.2, 0.25) is 0 Å². The van der Waals surface area contributed by atoms with Crippen molar-refractivity contribution in [2.24, 2.45) is 11.7 Å². The number of carbonyl (C=O) groups excluding carboxylic acids is 2. The van der Waals surface area contributed by atoms with Gasteiger partial charge in [0.1, 0.15) is 0 Å². The van der Waals surface area contributed by atoms with Gasteiger partial charge in [-0.15, -0.1) is 0 Å². The molecular formula is C19H29N3O3. The highest BCUT2D eigenvalue weighted by Gasteiger charge is 2.26. The Bertz CT molecular complexity index is 590. The second-order valence-electron chi connectivity index (χ2n) is 7.27. The predicted molar refractivity (Wildman–Crippen MR) is 98.4 cm³/mol. The highest BCUT2D eigenvalue weighted by Crippen LogP contribution is 2.16. The van der Waals surface area contributed by atoms with Crippen LogP contribution in [0.15, 0.2) is 24.3 Å². The van der Waals surface area contributed by atoms with E-state index in [-0.39, 0.29) is 24.0 Å². The molecule has 3 N–H and O–H groups in total. The molecule has 1 heterocycles. The van der Waals surface area contributed by atoms with Crippen molar-refractivity contribution < 1.29 is 14.3 Å². The molecule has 138 valence electrons. The summed E-state index contributed by atoms with van der Waals surface area (Å²) in [6.45, 7) is 9.17. The molecule has 3 atom stereocenters. The maximum absolute atomic E-state index is 12.6. The normalized spacial score (nSPS) is 21.9. The van der Waals surface area contributed by atoms with Crippen LogP contribution in [0.5, 0.6) is 0 Å². The van der Waals surface area contributed by atoms with E-state index in [4.69, 9.17) is 10.5 Å². The molecule has 0 radical (unpaired) electrons. The quantitative estimate of drug-likeness (QED) is 0.855. The second-order valence-corrected chi connectivity index (χ2v) is 7.27. The number of benzene rings is 1. The number of amides is 2. The molecule has 1 aromatic carbocycles. The summed E-state index contributed by atoms with van der Waals surface area (Å²) in [4.78, 5) is 26.5. The van der Waals surface area contributed by atoms with Gasteiger partial charge in [0.05, 0.1) is 18.2 Å². The molecule has 0 aromatic heterocycles. The highest BCUT2D eigenvalue weighted by molar-refractivity contribution is 5.97. The van der Waals surface area contributed by atoms with E-state index in [1.165, 1.54) is 0 Å². The third kappa shape index (κ3) is 5.54. The summed E-state index contributed by atoms with van der Waals surface area (Å²) in [7, 11) is 0. The smallest absolute Gasteiger partial charge is 0.254 e. The first-order valence-electron chi connectivity index (χ1n) is 8.87. The second kappa shape index (κ2) is 8.45. The lowest BCUT2D eigenvalue weighted by atomic mass is 10.0. The average molecular weight is 347 g/mol. The third-order valence-corrected chi connectivity index (χ3v) is 4.17. The van der Waals surface area contributed by atoms with E-state index in [1.807, 2.05) is 32.6 Å². The van der Waals surface area contributed by atoms with Gasteiger partial charge in [-0.2, -0.15) is 0 Å². The van der Waals surface area contributed by atoms with E-state index in [1.54, 1.807) is 24.3 Å². The summed E-state index contributed by atoms with van der Waals surface area (Å²) in [5.74, 6) is 0.138. The van der Waals surface area contributed by atoms with E-state index >= 15 is 0 Å². The van der Waals surface area contributed by atoms with Gasteiger partial charge in [-0.1, -0.05) is 13.8 Å². The number of rotatable bonds is 5. The maximum atomic E-state index is 12.6. The van der Waals surface area contributed by atoms with Crippen LogP contribution in [-0.4, -0.2) is 48.1 Å². The molecule has 2 unspecified atom stereocenters. The fraction of sp³-hybridized carbons (Fsp3) is 0.579. The molecule has 1 aliphatic heterocycles. The van der Waals surface area contributed by atoms with Crippen molar-refractivity contribution in [1.29, 1.82) is 0 Å². The summed E-state index contributed by atoms with van der Waals surface area (Å²) >= 11 is 0. The summed E-state index contributed by atoms with van der Waals surface area (Å²) in [6, 6.07) is 6.41. The van der Waals surface area contributed by atoms with Gasteiger partial charge in [-0.25, -0.2) is 0 Å². The Morgan fingerprint density at radius 1 is 1.20 bits per heavy atom. The number of nitrogens with one attached hydrogen (secondary N) is 1. The lowest BCUT2D eigenvalue weighted by Gasteiger charge is -2.35. The molecule has 1 fully saturated rings. The molecule has 0 aliphatic carbocycles. The number of hydrogen-bond acceptors (Lipinski definition) is 4. The van der Waals surface area contributed by atoms with Crippen molar-refractivity contribution in [3.05, 3.63) is 29.8 Å². The number of nitrogens with zero attached hydrogens (tertiary/aromatic N) is 1. The fourth-order valence-corrected chi connectivity index (χ4v) is 3.07. The SMILES string of the molecule is CC(C)C[C@H](N)C(=O)Nc1ccc(C(=O)N2CC(C)OC(C)C2)cc1. The lowest BCUT2D eigenvalue weighted by molar-refractivity contribution is -0.117. The topological polar surface area (TPSA) is 84.7 Å². The summed E-state index contributed by atoms with van der Waals surface area (Å²) in [5, 5.41) is 2.80. The van der Waals surface area contributed by atoms with Gasteiger partial charge >= 0.3 is 0 Å². The van der Waals surface area contributed by atoms with Crippen LogP contribution >= 0.6 is 0 Å². The summed E-state index contributed by atoms with van der Waals surface area (Å²) in [5.41, 5.74) is 7.13. The molecule has 0 spiro atoms. The zero-order valence-corrected chi connectivity index (χ0v) is 15.5. The van der Waals surface area contributed by atoms with Crippen LogP contribution in [0.3, 0.4) is 0 Å². The Labute approximate surface area is 149 Å². The summed E-state index contributed by atoms with van der Waals surface area (Å²) < 4.78 is 5.66. The first-order chi connectivity index (χ1) is 11.8. The number of anilines is 1. The largest absolute Gasteiger partial charge is 0.372 e. The van der Waals surface area contributed by atoms with Crippen molar-refractivity contribution in [1.82, 2.24) is 4.90 Å². The van der Waals surface area contributed by atoms with Crippen LogP contribution in [0.25, 0.3) is 0 Å². The monoisotopic (exact) mass is 347 g/mol. The zero-order valence-electron chi connectivity index (χ0n) is 15.5. The molecule has 6 heteroatoms. The van der Waals surface area contributed by atoms with Crippen molar-refractivity contribution in [2.75, 3.05) is 18.4 Å². The minimum absolute atomic E-state index is 0.0172. The molecule has 25 heavy (non-hydrogen) atoms. The van der Waals surface area contributed by atoms with Crippen molar-refractivity contribution in [2.45, 2.75) is 52.4 Å². The first kappa shape index (κ1) is 19.4. The van der Waals surface area contributed by atoms with Gasteiger partial charge in [-0.05, 0) is 50.5 Å². The van der Waals surface area contributed by atoms with Gasteiger partial charge in [0, 0.05) is 24.3 Å². The molecule has 6 nitrogen and oxygen atoms in total. The molecule has 1 saturated heterocycles. The van der Waals surface area contributed by atoms with Crippen LogP contribution in [0, 0.1) is 5.92 Å². The van der Waals surface area contributed by atoms with Gasteiger partial charge < -0.3 is 20.7 Å². The Morgan fingerprint density at radius 3 is 2.28 bits per heavy atom. The molecule has 2 amide bonds. The third-order valence-electron chi connectivity index (χ3n) is 4.17. The van der Waals surface area contributed by atoms with Crippen molar-refractivity contribution in [3.63, 3.8) is 0 Å². The number of nitrogens with two attached hydrogens (primary N) is 1. The molecule has 1 aromatic rings. The number of ether oxygens (including phenoxy) is 1. The number of carbonyl (C=O) groups is 2. The van der Waals surface area contributed by atoms with E-state index in [2.05, 4.69) is 5.32 Å². The minimum Gasteiger partial charge on any atom is -0.372 e. The predicted octanol–water partition coefficient (Wildman–Crippen LogP) is 2.25. The van der Waals surface area contributed by atoms with Crippen LogP contribution in [0.1, 0.15) is 44.5 Å². The van der Waals surface area contributed by atoms with Crippen molar-refractivity contribution in [3.8, 4) is 0 Å². The minimum atomic E-state index is -0.530. The molecule has 0 bridgehead atoms. The Hall–Kier alpha value is -1.92. The maximum Gasteiger partial charge on any atom is 0.254 e. The Kier molecular flexibility index (Phi) is 6.56. The van der Waals surface area contributed by atoms with Crippen molar-refractivity contribution >= 4 is 17.5 Å². The first-order valence-corrected chi connectivity index (χ1v) is 8.87. The molecular weight excluding hydrogens is 318 g/mol. The zero-order chi connectivity index (χ0) is 18.6. The summed E-state index contributed by atoms with van der Waals surface area (Å²) in [6.07, 6.45) is 0.706. The lowest BCUT2D eigenvalue weighted by Crippen LogP contribution is -2.48. The van der Waals surface area contributed by atoms with E-state index in [0.29, 0.717) is 36.7 Å². The fourth-order valence-electron chi connectivity index (χ4n) is 3.07. The highest BCUT2D eigenvalue weighted by atomic mass is 16.5. The average Bonchev–Trinajstić information content (AvgIpc) is 2.53. The number of hydrogen-bond donors (Lipinski definition) is 2. The number of morpholine rings is 1.